The second-order valence-electron chi connectivity index (χ2n) is 5.71. The molecule has 0 saturated heterocycles. The van der Waals surface area contributed by atoms with Gasteiger partial charge in [-0.3, -0.25) is 9.79 Å². The number of hydrogen-bond acceptors (Lipinski definition) is 5. The first-order valence-electron chi connectivity index (χ1n) is 7.73. The van der Waals surface area contributed by atoms with Crippen molar-refractivity contribution in [2.24, 2.45) is 13.9 Å². The number of benzene rings is 1. The monoisotopic (exact) mass is 436 g/mol. The van der Waals surface area contributed by atoms with Crippen LogP contribution < -0.4 is 16.4 Å². The van der Waals surface area contributed by atoms with Crippen molar-refractivity contribution in [2.75, 3.05) is 13.1 Å². The van der Waals surface area contributed by atoms with Gasteiger partial charge >= 0.3 is 0 Å². The van der Waals surface area contributed by atoms with E-state index in [2.05, 4.69) is 29.8 Å². The maximum Gasteiger partial charge on any atom is 0.270 e. The number of nitrogens with one attached hydrogen (secondary N) is 3. The summed E-state index contributed by atoms with van der Waals surface area (Å²) in [6.07, 6.45) is 2.68. The average molecular weight is 436 g/mol. The second kappa shape index (κ2) is 6.34. The van der Waals surface area contributed by atoms with Crippen molar-refractivity contribution < 1.29 is 4.79 Å². The Bertz CT molecular complexity index is 897. The van der Waals surface area contributed by atoms with Crippen molar-refractivity contribution in [1.29, 1.82) is 0 Å². The zero-order valence-electron chi connectivity index (χ0n) is 12.8. The highest BCUT2D eigenvalue weighted by Crippen LogP contribution is 2.33. The number of aliphatic imine (C=N–C) groups is 1. The van der Waals surface area contributed by atoms with Gasteiger partial charge in [-0.25, -0.2) is 3.15 Å². The van der Waals surface area contributed by atoms with Crippen LogP contribution in [0.1, 0.15) is 12.0 Å². The van der Waals surface area contributed by atoms with Crippen LogP contribution in [0.15, 0.2) is 38.1 Å². The van der Waals surface area contributed by atoms with Gasteiger partial charge in [0.05, 0.1) is 37.3 Å². The normalized spacial score (nSPS) is 19.1. The van der Waals surface area contributed by atoms with Crippen LogP contribution in [-0.2, 0) is 4.79 Å². The number of hydrogen-bond donors (Lipinski definition) is 4. The third-order valence-electron chi connectivity index (χ3n) is 4.04. The number of halogens is 1. The predicted molar refractivity (Wildman–Crippen MR) is 102 cm³/mol. The van der Waals surface area contributed by atoms with Crippen molar-refractivity contribution >= 4 is 49.9 Å². The summed E-state index contributed by atoms with van der Waals surface area (Å²) in [5, 5.41) is 7.16. The van der Waals surface area contributed by atoms with E-state index >= 15 is 0 Å². The molecule has 0 fully saturated rings. The Balaban J connectivity index is 1.43. The topological polar surface area (TPSA) is 108 Å². The Morgan fingerprint density at radius 2 is 2.29 bits per heavy atom. The number of amides is 1. The number of carbonyl (C=O) groups is 1. The lowest BCUT2D eigenvalue weighted by atomic mass is 10.1. The molecule has 2 aliphatic rings. The molecule has 1 amide bonds. The largest absolute Gasteiger partial charge is 0.370 e. The van der Waals surface area contributed by atoms with Gasteiger partial charge in [0, 0.05) is 23.0 Å². The molecule has 0 aliphatic carbocycles. The molecule has 3 heterocycles. The Morgan fingerprint density at radius 1 is 1.42 bits per heavy atom. The third kappa shape index (κ3) is 2.93. The first-order valence-corrected chi connectivity index (χ1v) is 9.77. The number of aromatic nitrogens is 1. The summed E-state index contributed by atoms with van der Waals surface area (Å²) in [5.74, 6) is 0.366. The number of nitrogens with two attached hydrogens (primary N) is 1. The molecule has 2 aromatic rings. The Hall–Kier alpha value is -2.23. The molecular formula is C16H17IN6O. The molecule has 0 spiro atoms. The molecule has 1 atom stereocenters. The van der Waals surface area contributed by atoms with E-state index in [1.54, 1.807) is 0 Å². The molecule has 0 saturated carbocycles. The minimum absolute atomic E-state index is 0.113. The number of H-pyrrole nitrogens is 1. The van der Waals surface area contributed by atoms with Crippen LogP contribution in [0.4, 0.5) is 0 Å². The molecule has 0 radical (unpaired) electrons. The van der Waals surface area contributed by atoms with E-state index in [0.717, 1.165) is 26.6 Å². The fraction of sp³-hybridized carbons (Fsp3) is 0.250. The van der Waals surface area contributed by atoms with E-state index < -0.39 is 21.0 Å². The van der Waals surface area contributed by atoms with E-state index in [-0.39, 0.29) is 11.9 Å². The Kier molecular flexibility index (Phi) is 4.05. The van der Waals surface area contributed by atoms with Crippen molar-refractivity contribution in [3.63, 3.8) is 0 Å². The Morgan fingerprint density at radius 3 is 3.12 bits per heavy atom. The minimum Gasteiger partial charge on any atom is -0.370 e. The summed E-state index contributed by atoms with van der Waals surface area (Å²) >= 11 is -0.565. The summed E-state index contributed by atoms with van der Waals surface area (Å²) in [6, 6.07) is 8.34. The standard InChI is InChI=1S/C16H17IN6O/c18-16-20-8-9(21-16)5-6-19-15(24)13-7-11-10-3-1-2-4-12(10)22-14(11)17-23-13/h1-4,7,9,22H,5-6,8H2,(H,19,24)(H3,18,20,21). The van der Waals surface area contributed by atoms with E-state index in [9.17, 15) is 4.79 Å². The molecule has 1 aromatic carbocycles. The van der Waals surface area contributed by atoms with Crippen molar-refractivity contribution in [1.82, 2.24) is 15.6 Å². The highest BCUT2D eigenvalue weighted by molar-refractivity contribution is 14.2. The van der Waals surface area contributed by atoms with Crippen LogP contribution in [0.25, 0.3) is 17.0 Å². The molecule has 1 aromatic heterocycles. The molecule has 1 unspecified atom stereocenters. The van der Waals surface area contributed by atoms with E-state index in [0.29, 0.717) is 24.7 Å². The van der Waals surface area contributed by atoms with Gasteiger partial charge in [0.25, 0.3) is 5.91 Å². The third-order valence-corrected chi connectivity index (χ3v) is 6.14. The van der Waals surface area contributed by atoms with Crippen LogP contribution in [0.3, 0.4) is 0 Å². The lowest BCUT2D eigenvalue weighted by Crippen LogP contribution is -2.37. The highest BCUT2D eigenvalue weighted by atomic mass is 127. The van der Waals surface area contributed by atoms with Gasteiger partial charge in [-0.1, -0.05) is 18.2 Å². The SMILES string of the molecule is NC1=NCC(CCNC(=O)C2=Cc3c([nH]c4ccccc34)I=N2)N1. The smallest absolute Gasteiger partial charge is 0.270 e. The van der Waals surface area contributed by atoms with Gasteiger partial charge < -0.3 is 21.4 Å². The number of carbonyl (C=O) groups excluding carboxylic acids is 1. The van der Waals surface area contributed by atoms with Crippen LogP contribution in [-0.4, -0.2) is 36.0 Å². The van der Waals surface area contributed by atoms with Gasteiger partial charge in [0.1, 0.15) is 5.70 Å². The summed E-state index contributed by atoms with van der Waals surface area (Å²) < 4.78 is 5.66. The van der Waals surface area contributed by atoms with Crippen LogP contribution in [0.2, 0.25) is 0 Å². The fourth-order valence-corrected chi connectivity index (χ4v) is 4.79. The number of rotatable bonds is 4. The summed E-state index contributed by atoms with van der Waals surface area (Å²) in [4.78, 5) is 19.9. The molecular weight excluding hydrogens is 419 g/mol. The van der Waals surface area contributed by atoms with Crippen LogP contribution in [0.5, 0.6) is 0 Å². The first kappa shape index (κ1) is 15.3. The van der Waals surface area contributed by atoms with Gasteiger partial charge in [0.2, 0.25) is 0 Å². The minimum atomic E-state index is -0.565. The summed E-state index contributed by atoms with van der Waals surface area (Å²) in [6.45, 7) is 1.24. The number of guanidine groups is 1. The van der Waals surface area contributed by atoms with E-state index in [1.807, 2.05) is 24.3 Å². The first-order chi connectivity index (χ1) is 11.7. The predicted octanol–water partition coefficient (Wildman–Crippen LogP) is 1.64. The van der Waals surface area contributed by atoms with E-state index in [1.165, 1.54) is 0 Å². The maximum absolute atomic E-state index is 12.4. The zero-order valence-corrected chi connectivity index (χ0v) is 15.0. The number of aromatic amines is 1. The Labute approximate surface area is 148 Å². The number of nitrogens with zero attached hydrogens (tertiary/aromatic N) is 2. The molecule has 124 valence electrons. The number of para-hydroxylation sites is 1. The summed E-state index contributed by atoms with van der Waals surface area (Å²) in [5.41, 5.74) is 8.31. The number of fused-ring (bicyclic) bond motifs is 3. The fourth-order valence-electron chi connectivity index (χ4n) is 2.81. The van der Waals surface area contributed by atoms with Gasteiger partial charge in [-0.15, -0.1) is 0 Å². The molecule has 24 heavy (non-hydrogen) atoms. The average Bonchev–Trinajstić information content (AvgIpc) is 3.17. The zero-order chi connectivity index (χ0) is 16.5. The molecule has 7 nitrogen and oxygen atoms in total. The van der Waals surface area contributed by atoms with Crippen LogP contribution in [0, 0.1) is 3.70 Å². The molecule has 2 aliphatic heterocycles. The molecule has 8 heteroatoms. The molecule has 5 N–H and O–H groups in total. The quantitative estimate of drug-likeness (QED) is 0.548. The van der Waals surface area contributed by atoms with Crippen molar-refractivity contribution in [2.45, 2.75) is 12.5 Å². The molecule has 4 rings (SSSR count). The van der Waals surface area contributed by atoms with E-state index in [4.69, 9.17) is 5.73 Å². The summed E-state index contributed by atoms with van der Waals surface area (Å²) in [7, 11) is 0. The lowest BCUT2D eigenvalue weighted by molar-refractivity contribution is -0.117. The second-order valence-corrected chi connectivity index (χ2v) is 7.75. The maximum atomic E-state index is 12.4. The van der Waals surface area contributed by atoms with Crippen LogP contribution >= 0.6 is 21.0 Å². The van der Waals surface area contributed by atoms with Crippen molar-refractivity contribution in [3.05, 3.63) is 39.2 Å². The van der Waals surface area contributed by atoms with Gasteiger partial charge in [0.15, 0.2) is 5.96 Å². The molecule has 0 bridgehead atoms. The van der Waals surface area contributed by atoms with Crippen molar-refractivity contribution in [3.8, 4) is 0 Å². The van der Waals surface area contributed by atoms with Gasteiger partial charge in [-0.2, -0.15) is 0 Å². The van der Waals surface area contributed by atoms with Gasteiger partial charge in [-0.05, 0) is 18.6 Å². The lowest BCUT2D eigenvalue weighted by Gasteiger charge is -2.12. The highest BCUT2D eigenvalue weighted by Gasteiger charge is 2.19.